The minimum absolute atomic E-state index is 0.0672. The number of aryl methyl sites for hydroxylation is 1. The van der Waals surface area contributed by atoms with Crippen molar-refractivity contribution in [3.63, 3.8) is 0 Å². The van der Waals surface area contributed by atoms with Crippen LogP contribution in [-0.4, -0.2) is 11.1 Å². The van der Waals surface area contributed by atoms with E-state index in [0.29, 0.717) is 0 Å². The number of carboxylic acids is 1. The van der Waals surface area contributed by atoms with E-state index in [0.717, 1.165) is 6.07 Å². The third-order valence-electron chi connectivity index (χ3n) is 1.96. The number of carboxylic acid groups (broad SMARTS) is 1. The fourth-order valence-corrected chi connectivity index (χ4v) is 1.22. The molecule has 0 saturated heterocycles. The Morgan fingerprint density at radius 1 is 1.47 bits per heavy atom. The van der Waals surface area contributed by atoms with Gasteiger partial charge in [0.25, 0.3) is 5.92 Å². The normalized spacial score (nSPS) is 11.5. The number of benzene rings is 1. The summed E-state index contributed by atoms with van der Waals surface area (Å²) in [5.74, 6) is -6.40. The zero-order chi connectivity index (χ0) is 11.6. The zero-order valence-electron chi connectivity index (χ0n) is 7.93. The summed E-state index contributed by atoms with van der Waals surface area (Å²) in [7, 11) is 0. The van der Waals surface area contributed by atoms with Crippen LogP contribution in [0.1, 0.15) is 17.5 Å². The van der Waals surface area contributed by atoms with Gasteiger partial charge in [0, 0.05) is 0 Å². The molecule has 1 aromatic rings. The zero-order valence-corrected chi connectivity index (χ0v) is 7.93. The van der Waals surface area contributed by atoms with E-state index in [-0.39, 0.29) is 5.56 Å². The van der Waals surface area contributed by atoms with Gasteiger partial charge in [0.15, 0.2) is 0 Å². The first kappa shape index (κ1) is 11.6. The van der Waals surface area contributed by atoms with Gasteiger partial charge in [-0.1, -0.05) is 18.2 Å². The molecule has 1 rings (SSSR count). The van der Waals surface area contributed by atoms with Crippen molar-refractivity contribution >= 4 is 5.97 Å². The lowest BCUT2D eigenvalue weighted by molar-refractivity contribution is -0.145. The molecule has 82 valence electrons. The molecule has 0 radical (unpaired) electrons. The van der Waals surface area contributed by atoms with Crippen LogP contribution in [0.15, 0.2) is 18.2 Å². The molecule has 0 aromatic heterocycles. The first-order valence-electron chi connectivity index (χ1n) is 4.20. The minimum atomic E-state index is -3.68. The molecule has 0 amide bonds. The lowest BCUT2D eigenvalue weighted by Gasteiger charge is -2.15. The molecule has 0 spiro atoms. The topological polar surface area (TPSA) is 37.3 Å². The largest absolute Gasteiger partial charge is 0.481 e. The smallest absolute Gasteiger partial charge is 0.309 e. The maximum absolute atomic E-state index is 13.3. The molecule has 5 heteroatoms. The monoisotopic (exact) mass is 218 g/mol. The van der Waals surface area contributed by atoms with Gasteiger partial charge in [-0.2, -0.15) is 0 Å². The lowest BCUT2D eigenvalue weighted by atomic mass is 10.0. The van der Waals surface area contributed by atoms with E-state index in [2.05, 4.69) is 0 Å². The second-order valence-electron chi connectivity index (χ2n) is 3.21. The fourth-order valence-electron chi connectivity index (χ4n) is 1.22. The standard InChI is InChI=1S/C10H9F3O2/c1-6-3-2-4-7(9(6)11)10(12,13)5-8(14)15/h2-4H,5H2,1H3,(H,14,15). The summed E-state index contributed by atoms with van der Waals surface area (Å²) in [6.45, 7) is 1.34. The number of halogens is 3. The third kappa shape index (κ3) is 2.49. The summed E-state index contributed by atoms with van der Waals surface area (Å²) >= 11 is 0. The highest BCUT2D eigenvalue weighted by Crippen LogP contribution is 2.34. The molecular weight excluding hydrogens is 209 g/mol. The van der Waals surface area contributed by atoms with Gasteiger partial charge in [-0.15, -0.1) is 0 Å². The van der Waals surface area contributed by atoms with Gasteiger partial charge in [-0.25, -0.2) is 13.2 Å². The molecule has 0 bridgehead atoms. The number of rotatable bonds is 3. The van der Waals surface area contributed by atoms with Crippen LogP contribution in [0.25, 0.3) is 0 Å². The quantitative estimate of drug-likeness (QED) is 0.846. The summed E-state index contributed by atoms with van der Waals surface area (Å²) in [6, 6.07) is 3.50. The average Bonchev–Trinajstić information content (AvgIpc) is 2.07. The van der Waals surface area contributed by atoms with Crippen molar-refractivity contribution < 1.29 is 23.1 Å². The molecule has 0 unspecified atom stereocenters. The highest BCUT2D eigenvalue weighted by atomic mass is 19.3. The van der Waals surface area contributed by atoms with E-state index in [1.54, 1.807) is 0 Å². The predicted octanol–water partition coefficient (Wildman–Crippen LogP) is 2.70. The van der Waals surface area contributed by atoms with Crippen molar-refractivity contribution in [2.24, 2.45) is 0 Å². The van der Waals surface area contributed by atoms with Crippen LogP contribution in [0.4, 0.5) is 13.2 Å². The van der Waals surface area contributed by atoms with Crippen molar-refractivity contribution in [2.75, 3.05) is 0 Å². The molecule has 0 aliphatic carbocycles. The molecule has 0 heterocycles. The number of carbonyl (C=O) groups is 1. The van der Waals surface area contributed by atoms with Gasteiger partial charge in [0.05, 0.1) is 5.56 Å². The van der Waals surface area contributed by atoms with Crippen LogP contribution in [0.5, 0.6) is 0 Å². The Bertz CT molecular complexity index is 388. The second-order valence-corrected chi connectivity index (χ2v) is 3.21. The van der Waals surface area contributed by atoms with Gasteiger partial charge in [-0.3, -0.25) is 4.79 Å². The van der Waals surface area contributed by atoms with Gasteiger partial charge in [0.1, 0.15) is 12.2 Å². The predicted molar refractivity (Wildman–Crippen MR) is 47.3 cm³/mol. The number of aliphatic carboxylic acids is 1. The molecule has 0 aliphatic rings. The van der Waals surface area contributed by atoms with Crippen molar-refractivity contribution in [3.8, 4) is 0 Å². The maximum atomic E-state index is 13.3. The highest BCUT2D eigenvalue weighted by Gasteiger charge is 2.37. The molecule has 0 fully saturated rings. The van der Waals surface area contributed by atoms with E-state index < -0.39 is 29.7 Å². The van der Waals surface area contributed by atoms with Crippen molar-refractivity contribution in [1.82, 2.24) is 0 Å². The Hall–Kier alpha value is -1.52. The van der Waals surface area contributed by atoms with Crippen molar-refractivity contribution in [1.29, 1.82) is 0 Å². The Kier molecular flexibility index (Phi) is 3.02. The van der Waals surface area contributed by atoms with E-state index in [9.17, 15) is 18.0 Å². The number of hydrogen-bond acceptors (Lipinski definition) is 1. The highest BCUT2D eigenvalue weighted by molar-refractivity contribution is 5.68. The van der Waals surface area contributed by atoms with Crippen LogP contribution in [-0.2, 0) is 10.7 Å². The Morgan fingerprint density at radius 2 is 2.07 bits per heavy atom. The number of hydrogen-bond donors (Lipinski definition) is 1. The maximum Gasteiger partial charge on any atom is 0.309 e. The summed E-state index contributed by atoms with van der Waals surface area (Å²) < 4.78 is 39.7. The van der Waals surface area contributed by atoms with Gasteiger partial charge >= 0.3 is 5.97 Å². The van der Waals surface area contributed by atoms with E-state index in [4.69, 9.17) is 5.11 Å². The molecular formula is C10H9F3O2. The van der Waals surface area contributed by atoms with Crippen LogP contribution < -0.4 is 0 Å². The average molecular weight is 218 g/mol. The molecule has 15 heavy (non-hydrogen) atoms. The Balaban J connectivity index is 3.14. The van der Waals surface area contributed by atoms with Crippen LogP contribution in [0.3, 0.4) is 0 Å². The summed E-state index contributed by atoms with van der Waals surface area (Å²) in [5, 5.41) is 8.27. The number of alkyl halides is 2. The first-order valence-corrected chi connectivity index (χ1v) is 4.20. The lowest BCUT2D eigenvalue weighted by Crippen LogP contribution is -2.20. The van der Waals surface area contributed by atoms with Gasteiger partial charge in [0.2, 0.25) is 0 Å². The SMILES string of the molecule is Cc1cccc(C(F)(F)CC(=O)O)c1F. The van der Waals surface area contributed by atoms with Crippen molar-refractivity contribution in [3.05, 3.63) is 35.1 Å². The van der Waals surface area contributed by atoms with E-state index >= 15 is 0 Å². The second kappa shape index (κ2) is 3.92. The van der Waals surface area contributed by atoms with Crippen LogP contribution >= 0.6 is 0 Å². The van der Waals surface area contributed by atoms with Gasteiger partial charge in [-0.05, 0) is 12.5 Å². The molecule has 1 aromatic carbocycles. The summed E-state index contributed by atoms with van der Waals surface area (Å²) in [4.78, 5) is 10.2. The first-order chi connectivity index (χ1) is 6.84. The molecule has 2 nitrogen and oxygen atoms in total. The van der Waals surface area contributed by atoms with Gasteiger partial charge < -0.3 is 5.11 Å². The Labute approximate surface area is 84.3 Å². The summed E-state index contributed by atoms with van der Waals surface area (Å²) in [5.41, 5.74) is -0.803. The molecule has 0 saturated carbocycles. The Morgan fingerprint density at radius 3 is 2.60 bits per heavy atom. The van der Waals surface area contributed by atoms with E-state index in [1.165, 1.54) is 19.1 Å². The fraction of sp³-hybridized carbons (Fsp3) is 0.300. The minimum Gasteiger partial charge on any atom is -0.481 e. The van der Waals surface area contributed by atoms with Crippen molar-refractivity contribution in [2.45, 2.75) is 19.3 Å². The molecule has 0 aliphatic heterocycles. The van der Waals surface area contributed by atoms with Crippen LogP contribution in [0.2, 0.25) is 0 Å². The van der Waals surface area contributed by atoms with Crippen LogP contribution in [0, 0.1) is 12.7 Å². The molecule has 0 atom stereocenters. The molecule has 1 N–H and O–H groups in total. The van der Waals surface area contributed by atoms with E-state index in [1.807, 2.05) is 0 Å². The summed E-state index contributed by atoms with van der Waals surface area (Å²) in [6.07, 6.45) is -1.41. The third-order valence-corrected chi connectivity index (χ3v) is 1.96.